The van der Waals surface area contributed by atoms with Crippen molar-refractivity contribution in [2.75, 3.05) is 19.8 Å². The quantitative estimate of drug-likeness (QED) is 0.0926. The molecule has 27 heteroatoms. The van der Waals surface area contributed by atoms with Gasteiger partial charge in [0.15, 0.2) is 0 Å². The number of ketones is 1. The van der Waals surface area contributed by atoms with E-state index in [4.69, 9.17) is 11.5 Å². The number of hydrogen-bond acceptors (Lipinski definition) is 16. The molecular formula is C42H64N10O17. The number of primary amides is 2. The molecule has 0 spiro atoms. The number of nitrogens with one attached hydrogen (secondary N) is 8. The number of carboxylic acid groups (broad SMARTS) is 1. The van der Waals surface area contributed by atoms with Gasteiger partial charge in [0.25, 0.3) is 0 Å². The first kappa shape index (κ1) is 58.0. The van der Waals surface area contributed by atoms with Crippen LogP contribution < -0.4 is 54.0 Å². The van der Waals surface area contributed by atoms with Gasteiger partial charge in [-0.2, -0.15) is 0 Å². The van der Waals surface area contributed by atoms with E-state index < -0.39 is 171 Å². The zero-order valence-electron chi connectivity index (χ0n) is 37.8. The highest BCUT2D eigenvalue weighted by Gasteiger charge is 2.36. The van der Waals surface area contributed by atoms with Crippen LogP contribution in [0.2, 0.25) is 0 Å². The fourth-order valence-electron chi connectivity index (χ4n) is 6.65. The van der Waals surface area contributed by atoms with Crippen LogP contribution in [-0.4, -0.2) is 171 Å². The van der Waals surface area contributed by atoms with Crippen LogP contribution in [0.3, 0.4) is 0 Å². The van der Waals surface area contributed by atoms with Gasteiger partial charge in [0.05, 0.1) is 32.3 Å². The van der Waals surface area contributed by atoms with E-state index in [1.54, 1.807) is 30.3 Å². The van der Waals surface area contributed by atoms with Crippen molar-refractivity contribution >= 4 is 70.8 Å². The maximum absolute atomic E-state index is 13.7. The number of aliphatic carboxylic acids is 1. The van der Waals surface area contributed by atoms with E-state index in [1.165, 1.54) is 0 Å². The predicted octanol–water partition coefficient (Wildman–Crippen LogP) is -6.75. The molecule has 1 aromatic carbocycles. The Kier molecular flexibility index (Phi) is 24.9. The van der Waals surface area contributed by atoms with E-state index >= 15 is 0 Å². The topological polar surface area (TPSA) is 454 Å². The molecule has 9 atom stereocenters. The average molecular weight is 981 g/mol. The number of amides is 10. The minimum absolute atomic E-state index is 0. The summed E-state index contributed by atoms with van der Waals surface area (Å²) in [6, 6.07) is -6.21. The molecule has 384 valence electrons. The van der Waals surface area contributed by atoms with Crippen LogP contribution in [0.25, 0.3) is 0 Å². The first-order chi connectivity index (χ1) is 32.6. The third-order valence-electron chi connectivity index (χ3n) is 10.5. The number of carbonyl (C=O) groups is 12. The number of aliphatic hydroxyl groups is 4. The molecule has 1 aliphatic heterocycles. The van der Waals surface area contributed by atoms with Crippen LogP contribution in [0.1, 0.15) is 78.1 Å². The van der Waals surface area contributed by atoms with Crippen LogP contribution in [0.5, 0.6) is 0 Å². The van der Waals surface area contributed by atoms with Crippen LogP contribution in [0.15, 0.2) is 30.3 Å². The molecule has 1 heterocycles. The first-order valence-corrected chi connectivity index (χ1v) is 21.9. The molecule has 1 aliphatic rings. The van der Waals surface area contributed by atoms with Gasteiger partial charge >= 0.3 is 5.97 Å². The van der Waals surface area contributed by atoms with E-state index in [2.05, 4.69) is 37.2 Å². The van der Waals surface area contributed by atoms with Crippen molar-refractivity contribution in [3.63, 3.8) is 0 Å². The molecule has 2 rings (SSSR count). The van der Waals surface area contributed by atoms with Crippen LogP contribution in [0.4, 0.5) is 0 Å². The summed E-state index contributed by atoms with van der Waals surface area (Å²) in [4.78, 5) is 156. The molecule has 0 aliphatic carbocycles. The second-order valence-corrected chi connectivity index (χ2v) is 16.1. The number of rotatable bonds is 12. The lowest BCUT2D eigenvalue weighted by Crippen LogP contribution is -2.62. The molecule has 4 unspecified atom stereocenters. The van der Waals surface area contributed by atoms with Crippen molar-refractivity contribution < 1.29 is 84.5 Å². The Morgan fingerprint density at radius 1 is 0.609 bits per heavy atom. The van der Waals surface area contributed by atoms with Gasteiger partial charge in [-0.3, -0.25) is 57.5 Å². The molecule has 17 N–H and O–H groups in total. The molecule has 10 amide bonds. The lowest BCUT2D eigenvalue weighted by molar-refractivity contribution is -0.139. The van der Waals surface area contributed by atoms with E-state index in [1.807, 2.05) is 5.32 Å². The zero-order valence-corrected chi connectivity index (χ0v) is 37.8. The third-order valence-corrected chi connectivity index (χ3v) is 10.5. The Balaban J connectivity index is 0.0000245. The highest BCUT2D eigenvalue weighted by atomic mass is 16.4. The summed E-state index contributed by atoms with van der Waals surface area (Å²) in [5.41, 5.74) is 11.3. The van der Waals surface area contributed by atoms with Crippen molar-refractivity contribution in [2.45, 2.75) is 132 Å². The van der Waals surface area contributed by atoms with Crippen LogP contribution in [0, 0.1) is 0 Å². The second kappa shape index (κ2) is 29.6. The summed E-state index contributed by atoms with van der Waals surface area (Å²) in [6.07, 6.45) is -3.80. The smallest absolute Gasteiger partial charge is 0.303 e. The maximum atomic E-state index is 13.7. The largest absolute Gasteiger partial charge is 0.481 e. The van der Waals surface area contributed by atoms with E-state index in [-0.39, 0.29) is 33.5 Å². The first-order valence-electron chi connectivity index (χ1n) is 21.9. The molecule has 0 saturated carbocycles. The van der Waals surface area contributed by atoms with Crippen molar-refractivity contribution in [1.82, 2.24) is 42.5 Å². The highest BCUT2D eigenvalue weighted by molar-refractivity contribution is 5.99. The molecule has 0 bridgehead atoms. The van der Waals surface area contributed by atoms with Gasteiger partial charge in [-0.15, -0.1) is 0 Å². The Morgan fingerprint density at radius 2 is 1.07 bits per heavy atom. The number of carbonyl (C=O) groups excluding carboxylic acids is 11. The Labute approximate surface area is 396 Å². The highest BCUT2D eigenvalue weighted by Crippen LogP contribution is 2.11. The molecule has 1 aromatic rings. The van der Waals surface area contributed by atoms with Gasteiger partial charge in [-0.25, -0.2) is 0 Å². The summed E-state index contributed by atoms with van der Waals surface area (Å²) in [5, 5.41) is 67.5. The fraction of sp³-hybridized carbons (Fsp3) is 0.571. The standard InChI is InChI=1S/C42H62N10O17.H2/c1-21(56)34-42(69)51-30(20-55)40(67)46-24(13-14-33(60)61)36(63)50-29(19-54)41(68)48-26(15-22-9-5-4-6-10-22)37(64)47-25(35(44)62)16-23(57)11-7-2-3-8-12-32(59)45-28(18-53)39(66)49-27(17-31(43)58)38(65)52-34;/h4-6,9-10,21,24-30,34,53-56H,2-3,7-8,11-20H2,1H3,(H2,43,58)(H2,44,62)(H,45,59)(H,46,67)(H,47,64)(H,48,68)(H,49,66)(H,50,63)(H,51,69)(H,52,65)(H,60,61);1H/t21-,24?,25?,26?,27+,28?,29+,30+,34+;/m1./s1. The lowest BCUT2D eigenvalue weighted by Gasteiger charge is -2.28. The monoisotopic (exact) mass is 980 g/mol. The minimum atomic E-state index is -1.99. The summed E-state index contributed by atoms with van der Waals surface area (Å²) < 4.78 is 0. The predicted molar refractivity (Wildman–Crippen MR) is 238 cm³/mol. The lowest BCUT2D eigenvalue weighted by atomic mass is 10.0. The third kappa shape index (κ3) is 20.8. The van der Waals surface area contributed by atoms with E-state index in [9.17, 15) is 83.1 Å². The fourth-order valence-corrected chi connectivity index (χ4v) is 6.65. The number of benzene rings is 1. The number of carboxylic acids is 1. The number of nitrogens with two attached hydrogens (primary N) is 2. The van der Waals surface area contributed by atoms with Crippen LogP contribution in [-0.2, 0) is 64.0 Å². The van der Waals surface area contributed by atoms with Gasteiger partial charge in [0, 0.05) is 33.5 Å². The molecule has 69 heavy (non-hydrogen) atoms. The van der Waals surface area contributed by atoms with Crippen molar-refractivity contribution in [3.05, 3.63) is 35.9 Å². The van der Waals surface area contributed by atoms with Gasteiger partial charge in [-0.05, 0) is 31.7 Å². The molecule has 0 radical (unpaired) electrons. The van der Waals surface area contributed by atoms with Crippen molar-refractivity contribution in [2.24, 2.45) is 11.5 Å². The summed E-state index contributed by atoms with van der Waals surface area (Å²) in [5.74, 6) is -13.5. The zero-order chi connectivity index (χ0) is 51.8. The van der Waals surface area contributed by atoms with Gasteiger partial charge in [-0.1, -0.05) is 43.2 Å². The Bertz CT molecular complexity index is 2010. The summed E-state index contributed by atoms with van der Waals surface area (Å²) >= 11 is 0. The van der Waals surface area contributed by atoms with E-state index in [0.717, 1.165) is 6.92 Å². The molecule has 27 nitrogen and oxygen atoms in total. The van der Waals surface area contributed by atoms with Crippen molar-refractivity contribution in [1.29, 1.82) is 0 Å². The van der Waals surface area contributed by atoms with Gasteiger partial charge < -0.3 is 79.5 Å². The number of hydrogen-bond donors (Lipinski definition) is 15. The molecular weight excluding hydrogens is 917 g/mol. The van der Waals surface area contributed by atoms with Gasteiger partial charge in [0.1, 0.15) is 54.1 Å². The number of aliphatic hydroxyl groups excluding tert-OH is 4. The summed E-state index contributed by atoms with van der Waals surface area (Å²) in [6.45, 7) is -2.31. The summed E-state index contributed by atoms with van der Waals surface area (Å²) in [7, 11) is 0. The normalized spacial score (nSPS) is 25.8. The molecule has 0 aromatic heterocycles. The SMILES string of the molecule is C[C@@H](O)[C@@H]1NC(=O)[C@H](CC(N)=O)NC(=O)C(CO)NC(=O)CCCCCCC(=O)CC(C(N)=O)NC(=O)C(Cc2ccccc2)NC(=O)[C@H](CO)NC(=O)C(CCC(=O)O)NC(=O)[C@H](CO)NC1=O.[HH]. The second-order valence-electron chi connectivity index (χ2n) is 16.1. The molecule has 1 saturated heterocycles. The van der Waals surface area contributed by atoms with E-state index in [0.29, 0.717) is 18.4 Å². The number of Topliss-reactive ketones (excluding diaryl/α,β-unsaturated/α-hetero) is 1. The van der Waals surface area contributed by atoms with Gasteiger partial charge in [0.2, 0.25) is 59.1 Å². The van der Waals surface area contributed by atoms with Crippen molar-refractivity contribution in [3.8, 4) is 0 Å². The average Bonchev–Trinajstić information content (AvgIpc) is 3.29. The Hall–Kier alpha value is -7.10. The minimum Gasteiger partial charge on any atom is -0.481 e. The molecule has 1 fully saturated rings. The maximum Gasteiger partial charge on any atom is 0.303 e. The Morgan fingerprint density at radius 3 is 1.59 bits per heavy atom. The van der Waals surface area contributed by atoms with Crippen LogP contribution >= 0.6 is 0 Å².